The lowest BCUT2D eigenvalue weighted by atomic mass is 10.0. The molecule has 0 bridgehead atoms. The zero-order valence-electron chi connectivity index (χ0n) is 12.6. The van der Waals surface area contributed by atoms with Crippen LogP contribution < -0.4 is 10.1 Å². The van der Waals surface area contributed by atoms with E-state index in [0.29, 0.717) is 13.1 Å². The first-order valence-electron chi connectivity index (χ1n) is 7.42. The molecule has 2 aliphatic rings. The summed E-state index contributed by atoms with van der Waals surface area (Å²) in [7, 11) is 1.65. The lowest BCUT2D eigenvalue weighted by molar-refractivity contribution is -0.131. The summed E-state index contributed by atoms with van der Waals surface area (Å²) in [6, 6.07) is 7.84. The Kier molecular flexibility index (Phi) is 3.87. The number of amides is 1. The number of hydrogen-bond donors (Lipinski definition) is 1. The lowest BCUT2D eigenvalue weighted by Crippen LogP contribution is -2.43. The maximum atomic E-state index is 12.2. The number of nitrogens with one attached hydrogen (secondary N) is 1. The number of hydrogen-bond acceptors (Lipinski definition) is 4. The summed E-state index contributed by atoms with van der Waals surface area (Å²) in [6.07, 6.45) is 2.00. The molecule has 1 amide bonds. The van der Waals surface area contributed by atoms with Crippen LogP contribution >= 0.6 is 0 Å². The van der Waals surface area contributed by atoms with Gasteiger partial charge in [0.15, 0.2) is 0 Å². The van der Waals surface area contributed by atoms with E-state index in [2.05, 4.69) is 12.2 Å². The summed E-state index contributed by atoms with van der Waals surface area (Å²) >= 11 is 0. The molecule has 1 aromatic rings. The van der Waals surface area contributed by atoms with Crippen LogP contribution in [0.15, 0.2) is 24.3 Å². The Morgan fingerprint density at radius 2 is 2.19 bits per heavy atom. The SMILES string of the molecule is COc1ccc(C2NCC(=O)N2CC2(C)CCCO2)cc1. The molecular weight excluding hydrogens is 268 g/mol. The molecule has 21 heavy (non-hydrogen) atoms. The van der Waals surface area contributed by atoms with E-state index in [1.807, 2.05) is 29.2 Å². The second-order valence-electron chi connectivity index (χ2n) is 5.98. The summed E-state index contributed by atoms with van der Waals surface area (Å²) in [5.41, 5.74) is 0.857. The molecule has 0 radical (unpaired) electrons. The van der Waals surface area contributed by atoms with E-state index in [1.165, 1.54) is 0 Å². The van der Waals surface area contributed by atoms with Gasteiger partial charge in [0.25, 0.3) is 0 Å². The summed E-state index contributed by atoms with van der Waals surface area (Å²) in [6.45, 7) is 3.90. The molecule has 5 nitrogen and oxygen atoms in total. The van der Waals surface area contributed by atoms with Crippen molar-refractivity contribution in [1.82, 2.24) is 10.2 Å². The predicted molar refractivity (Wildman–Crippen MR) is 79.0 cm³/mol. The summed E-state index contributed by atoms with van der Waals surface area (Å²) in [5, 5.41) is 3.28. The molecule has 114 valence electrons. The third-order valence-electron chi connectivity index (χ3n) is 4.32. The summed E-state index contributed by atoms with van der Waals surface area (Å²) in [5.74, 6) is 0.952. The van der Waals surface area contributed by atoms with Crippen molar-refractivity contribution in [2.45, 2.75) is 31.5 Å². The fraction of sp³-hybridized carbons (Fsp3) is 0.562. The molecule has 2 atom stereocenters. The molecule has 2 saturated heterocycles. The number of carbonyl (C=O) groups is 1. The Morgan fingerprint density at radius 3 is 2.81 bits per heavy atom. The van der Waals surface area contributed by atoms with Gasteiger partial charge in [-0.15, -0.1) is 0 Å². The van der Waals surface area contributed by atoms with Gasteiger partial charge in [0.1, 0.15) is 11.9 Å². The van der Waals surface area contributed by atoms with Crippen molar-refractivity contribution in [3.63, 3.8) is 0 Å². The standard InChI is InChI=1S/C16H22N2O3/c1-16(8-3-9-21-16)11-18-14(19)10-17-15(18)12-4-6-13(20-2)7-5-12/h4-7,15,17H,3,8-11H2,1-2H3. The Bertz CT molecular complexity index is 509. The van der Waals surface area contributed by atoms with Crippen LogP contribution in [0.5, 0.6) is 5.75 Å². The van der Waals surface area contributed by atoms with Gasteiger partial charge in [0, 0.05) is 6.61 Å². The summed E-state index contributed by atoms with van der Waals surface area (Å²) < 4.78 is 11.0. The molecule has 5 heteroatoms. The average Bonchev–Trinajstić information content (AvgIpc) is 3.07. The average molecular weight is 290 g/mol. The van der Waals surface area contributed by atoms with E-state index in [1.54, 1.807) is 7.11 Å². The first-order valence-corrected chi connectivity index (χ1v) is 7.42. The van der Waals surface area contributed by atoms with Gasteiger partial charge in [-0.25, -0.2) is 0 Å². The van der Waals surface area contributed by atoms with Crippen LogP contribution in [0.1, 0.15) is 31.5 Å². The molecule has 2 heterocycles. The first kappa shape index (κ1) is 14.4. The van der Waals surface area contributed by atoms with E-state index >= 15 is 0 Å². The number of nitrogens with zero attached hydrogens (tertiary/aromatic N) is 1. The maximum absolute atomic E-state index is 12.2. The van der Waals surface area contributed by atoms with E-state index in [0.717, 1.165) is 30.8 Å². The molecule has 2 unspecified atom stereocenters. The lowest BCUT2D eigenvalue weighted by Gasteiger charge is -2.33. The van der Waals surface area contributed by atoms with Crippen LogP contribution in [0.3, 0.4) is 0 Å². The van der Waals surface area contributed by atoms with Crippen LogP contribution in [-0.2, 0) is 9.53 Å². The molecule has 1 aromatic carbocycles. The van der Waals surface area contributed by atoms with Crippen molar-refractivity contribution in [2.75, 3.05) is 26.8 Å². The molecule has 0 aromatic heterocycles. The van der Waals surface area contributed by atoms with Gasteiger partial charge in [0.2, 0.25) is 5.91 Å². The second kappa shape index (κ2) is 5.66. The molecular formula is C16H22N2O3. The molecule has 0 aliphatic carbocycles. The topological polar surface area (TPSA) is 50.8 Å². The second-order valence-corrected chi connectivity index (χ2v) is 5.98. The van der Waals surface area contributed by atoms with E-state index in [4.69, 9.17) is 9.47 Å². The van der Waals surface area contributed by atoms with E-state index in [9.17, 15) is 4.79 Å². The highest BCUT2D eigenvalue weighted by molar-refractivity contribution is 5.81. The maximum Gasteiger partial charge on any atom is 0.238 e. The van der Waals surface area contributed by atoms with Crippen molar-refractivity contribution in [3.05, 3.63) is 29.8 Å². The monoisotopic (exact) mass is 290 g/mol. The Morgan fingerprint density at radius 1 is 1.43 bits per heavy atom. The van der Waals surface area contributed by atoms with E-state index in [-0.39, 0.29) is 17.7 Å². The fourth-order valence-electron chi connectivity index (χ4n) is 3.13. The molecule has 3 rings (SSSR count). The number of rotatable bonds is 4. The van der Waals surface area contributed by atoms with Crippen molar-refractivity contribution in [3.8, 4) is 5.75 Å². The molecule has 2 fully saturated rings. The minimum Gasteiger partial charge on any atom is -0.497 e. The van der Waals surface area contributed by atoms with Crippen LogP contribution in [0.25, 0.3) is 0 Å². The molecule has 0 spiro atoms. The van der Waals surface area contributed by atoms with Gasteiger partial charge in [-0.3, -0.25) is 10.1 Å². The van der Waals surface area contributed by atoms with Crippen LogP contribution in [-0.4, -0.2) is 43.2 Å². The quantitative estimate of drug-likeness (QED) is 0.917. The minimum absolute atomic E-state index is 0.0792. The first-order chi connectivity index (χ1) is 10.1. The zero-order chi connectivity index (χ0) is 14.9. The molecule has 1 N–H and O–H groups in total. The van der Waals surface area contributed by atoms with Gasteiger partial charge >= 0.3 is 0 Å². The van der Waals surface area contributed by atoms with Gasteiger partial charge in [-0.1, -0.05) is 12.1 Å². The van der Waals surface area contributed by atoms with Gasteiger partial charge < -0.3 is 14.4 Å². The Balaban J connectivity index is 1.78. The molecule has 0 saturated carbocycles. The summed E-state index contributed by atoms with van der Waals surface area (Å²) in [4.78, 5) is 14.1. The highest BCUT2D eigenvalue weighted by atomic mass is 16.5. The predicted octanol–water partition coefficient (Wildman–Crippen LogP) is 1.69. The zero-order valence-corrected chi connectivity index (χ0v) is 12.6. The fourth-order valence-corrected chi connectivity index (χ4v) is 3.13. The highest BCUT2D eigenvalue weighted by Gasteiger charge is 2.39. The van der Waals surface area contributed by atoms with Gasteiger partial charge in [0.05, 0.1) is 25.8 Å². The number of methoxy groups -OCH3 is 1. The van der Waals surface area contributed by atoms with Crippen LogP contribution in [0.2, 0.25) is 0 Å². The Hall–Kier alpha value is -1.59. The van der Waals surface area contributed by atoms with Gasteiger partial charge in [-0.05, 0) is 37.5 Å². The normalized spacial score (nSPS) is 29.1. The van der Waals surface area contributed by atoms with Crippen molar-refractivity contribution >= 4 is 5.91 Å². The third-order valence-corrected chi connectivity index (χ3v) is 4.32. The minimum atomic E-state index is -0.216. The largest absolute Gasteiger partial charge is 0.497 e. The van der Waals surface area contributed by atoms with Crippen molar-refractivity contribution < 1.29 is 14.3 Å². The van der Waals surface area contributed by atoms with Crippen molar-refractivity contribution in [1.29, 1.82) is 0 Å². The van der Waals surface area contributed by atoms with Gasteiger partial charge in [-0.2, -0.15) is 0 Å². The smallest absolute Gasteiger partial charge is 0.238 e. The third kappa shape index (κ3) is 2.89. The van der Waals surface area contributed by atoms with Crippen LogP contribution in [0, 0.1) is 0 Å². The van der Waals surface area contributed by atoms with Crippen LogP contribution in [0.4, 0.5) is 0 Å². The van der Waals surface area contributed by atoms with Crippen molar-refractivity contribution in [2.24, 2.45) is 0 Å². The highest BCUT2D eigenvalue weighted by Crippen LogP contribution is 2.31. The molecule has 2 aliphatic heterocycles. The number of carbonyl (C=O) groups excluding carboxylic acids is 1. The number of ether oxygens (including phenoxy) is 2. The Labute approximate surface area is 125 Å². The van der Waals surface area contributed by atoms with E-state index < -0.39 is 0 Å². The number of benzene rings is 1.